The van der Waals surface area contributed by atoms with Crippen LogP contribution in [-0.2, 0) is 0 Å². The average molecular weight is 462 g/mol. The lowest BCUT2D eigenvalue weighted by Gasteiger charge is -2.29. The molecule has 2 aromatic heterocycles. The van der Waals surface area contributed by atoms with Crippen molar-refractivity contribution in [3.05, 3.63) is 64.3 Å². The minimum Gasteiger partial charge on any atom is -0.482 e. The molecule has 4 rings (SSSR count). The molecular formula is C22H22Cl2FN5O. The Kier molecular flexibility index (Phi) is 6.46. The predicted octanol–water partition coefficient (Wildman–Crippen LogP) is 4.72. The van der Waals surface area contributed by atoms with E-state index in [4.69, 9.17) is 33.7 Å². The number of hydrogen-bond acceptors (Lipinski definition) is 6. The molecule has 0 aliphatic carbocycles. The number of piperazine rings is 1. The Hall–Kier alpha value is -2.61. The van der Waals surface area contributed by atoms with Gasteiger partial charge in [-0.3, -0.25) is 4.98 Å². The number of rotatable bonds is 5. The molecule has 3 heterocycles. The molecule has 0 bridgehead atoms. The zero-order chi connectivity index (χ0) is 22.0. The van der Waals surface area contributed by atoms with Gasteiger partial charge in [0.2, 0.25) is 0 Å². The van der Waals surface area contributed by atoms with Gasteiger partial charge in [0, 0.05) is 60.3 Å². The Morgan fingerprint density at radius 1 is 1.13 bits per heavy atom. The summed E-state index contributed by atoms with van der Waals surface area (Å²) in [5.41, 5.74) is 9.14. The molecule has 1 saturated heterocycles. The Bertz CT molecular complexity index is 1090. The maximum Gasteiger partial charge on any atom is 0.166 e. The van der Waals surface area contributed by atoms with Gasteiger partial charge in [-0.25, -0.2) is 9.37 Å². The van der Waals surface area contributed by atoms with Crippen molar-refractivity contribution in [2.75, 3.05) is 36.8 Å². The van der Waals surface area contributed by atoms with Crippen LogP contribution >= 0.6 is 23.2 Å². The summed E-state index contributed by atoms with van der Waals surface area (Å²) in [4.78, 5) is 10.9. The number of benzene rings is 1. The number of ether oxygens (including phenoxy) is 1. The first-order chi connectivity index (χ1) is 14.9. The van der Waals surface area contributed by atoms with Gasteiger partial charge >= 0.3 is 0 Å². The number of halogens is 3. The molecule has 3 N–H and O–H groups in total. The number of anilines is 2. The second kappa shape index (κ2) is 9.26. The van der Waals surface area contributed by atoms with E-state index in [0.29, 0.717) is 16.3 Å². The van der Waals surface area contributed by atoms with E-state index < -0.39 is 11.9 Å². The Morgan fingerprint density at radius 2 is 1.87 bits per heavy atom. The number of nitrogens with two attached hydrogens (primary N) is 1. The van der Waals surface area contributed by atoms with E-state index in [0.717, 1.165) is 43.0 Å². The van der Waals surface area contributed by atoms with E-state index in [1.807, 2.05) is 6.20 Å². The summed E-state index contributed by atoms with van der Waals surface area (Å²) in [5, 5.41) is 3.58. The van der Waals surface area contributed by atoms with Crippen molar-refractivity contribution < 1.29 is 9.13 Å². The first-order valence-electron chi connectivity index (χ1n) is 9.90. The third kappa shape index (κ3) is 4.69. The van der Waals surface area contributed by atoms with E-state index in [1.54, 1.807) is 25.4 Å². The van der Waals surface area contributed by atoms with Gasteiger partial charge < -0.3 is 20.7 Å². The van der Waals surface area contributed by atoms with Crippen LogP contribution in [0.5, 0.6) is 5.75 Å². The summed E-state index contributed by atoms with van der Waals surface area (Å²) >= 11 is 12.3. The largest absolute Gasteiger partial charge is 0.482 e. The summed E-state index contributed by atoms with van der Waals surface area (Å²) < 4.78 is 19.9. The molecule has 0 amide bonds. The number of hydrogen-bond donors (Lipinski definition) is 2. The van der Waals surface area contributed by atoms with Crippen LogP contribution in [0, 0.1) is 5.82 Å². The van der Waals surface area contributed by atoms with Crippen molar-refractivity contribution in [2.24, 2.45) is 0 Å². The van der Waals surface area contributed by atoms with Crippen LogP contribution < -0.4 is 20.7 Å². The van der Waals surface area contributed by atoms with E-state index in [9.17, 15) is 4.39 Å². The lowest BCUT2D eigenvalue weighted by molar-refractivity contribution is 0.227. The molecule has 0 spiro atoms. The van der Waals surface area contributed by atoms with Crippen LogP contribution in [0.4, 0.5) is 15.9 Å². The SMILES string of the molecule is C[C@@H](Oc1cc(-c2cncc(N3CCNCC3)c2)cnc1N)c1c(Cl)ccc(F)c1Cl. The van der Waals surface area contributed by atoms with Crippen molar-refractivity contribution in [3.63, 3.8) is 0 Å². The summed E-state index contributed by atoms with van der Waals surface area (Å²) in [6.07, 6.45) is 4.66. The van der Waals surface area contributed by atoms with E-state index in [1.165, 1.54) is 12.1 Å². The fraction of sp³-hybridized carbons (Fsp3) is 0.273. The van der Waals surface area contributed by atoms with Crippen LogP contribution in [0.2, 0.25) is 10.0 Å². The number of nitrogens with zero attached hydrogens (tertiary/aromatic N) is 3. The van der Waals surface area contributed by atoms with Gasteiger partial charge in [-0.05, 0) is 31.2 Å². The lowest BCUT2D eigenvalue weighted by atomic mass is 10.1. The second-order valence-corrected chi connectivity index (χ2v) is 8.08. The first kappa shape index (κ1) is 21.6. The van der Waals surface area contributed by atoms with Crippen molar-refractivity contribution in [1.82, 2.24) is 15.3 Å². The number of nitrogen functional groups attached to an aromatic ring is 1. The average Bonchev–Trinajstić information content (AvgIpc) is 2.79. The van der Waals surface area contributed by atoms with Crippen molar-refractivity contribution in [2.45, 2.75) is 13.0 Å². The highest BCUT2D eigenvalue weighted by Gasteiger charge is 2.20. The molecule has 9 heteroatoms. The van der Waals surface area contributed by atoms with Gasteiger partial charge in [-0.15, -0.1) is 0 Å². The minimum atomic E-state index is -0.639. The second-order valence-electron chi connectivity index (χ2n) is 7.29. The van der Waals surface area contributed by atoms with Crippen LogP contribution in [0.15, 0.2) is 42.9 Å². The molecule has 3 aromatic rings. The quantitative estimate of drug-likeness (QED) is 0.535. The van der Waals surface area contributed by atoms with E-state index in [-0.39, 0.29) is 10.8 Å². The van der Waals surface area contributed by atoms with Gasteiger partial charge in [0.1, 0.15) is 11.9 Å². The molecular weight excluding hydrogens is 440 g/mol. The van der Waals surface area contributed by atoms with Gasteiger partial charge in [0.15, 0.2) is 11.6 Å². The maximum atomic E-state index is 13.9. The molecule has 6 nitrogen and oxygen atoms in total. The number of aromatic nitrogens is 2. The summed E-state index contributed by atoms with van der Waals surface area (Å²) in [6.45, 7) is 5.45. The normalized spacial score (nSPS) is 15.0. The van der Waals surface area contributed by atoms with E-state index in [2.05, 4.69) is 26.3 Å². The van der Waals surface area contributed by atoms with Crippen LogP contribution in [-0.4, -0.2) is 36.1 Å². The zero-order valence-electron chi connectivity index (χ0n) is 16.9. The third-order valence-electron chi connectivity index (χ3n) is 5.21. The molecule has 162 valence electrons. The predicted molar refractivity (Wildman–Crippen MR) is 122 cm³/mol. The Morgan fingerprint density at radius 3 is 2.65 bits per heavy atom. The highest BCUT2D eigenvalue weighted by Crippen LogP contribution is 2.37. The van der Waals surface area contributed by atoms with Gasteiger partial charge in [-0.2, -0.15) is 0 Å². The van der Waals surface area contributed by atoms with Gasteiger partial charge in [0.25, 0.3) is 0 Å². The molecule has 0 saturated carbocycles. The first-order valence-corrected chi connectivity index (χ1v) is 10.7. The Labute approximate surface area is 190 Å². The smallest absolute Gasteiger partial charge is 0.166 e. The highest BCUT2D eigenvalue weighted by atomic mass is 35.5. The zero-order valence-corrected chi connectivity index (χ0v) is 18.4. The van der Waals surface area contributed by atoms with Crippen LogP contribution in [0.1, 0.15) is 18.6 Å². The highest BCUT2D eigenvalue weighted by molar-refractivity contribution is 6.36. The molecule has 31 heavy (non-hydrogen) atoms. The third-order valence-corrected chi connectivity index (χ3v) is 5.92. The monoisotopic (exact) mass is 461 g/mol. The number of nitrogens with one attached hydrogen (secondary N) is 1. The lowest BCUT2D eigenvalue weighted by Crippen LogP contribution is -2.43. The molecule has 1 aliphatic rings. The van der Waals surface area contributed by atoms with Crippen LogP contribution in [0.25, 0.3) is 11.1 Å². The topological polar surface area (TPSA) is 76.3 Å². The van der Waals surface area contributed by atoms with Gasteiger partial charge in [0.05, 0.1) is 16.9 Å². The van der Waals surface area contributed by atoms with Crippen molar-refractivity contribution in [3.8, 4) is 16.9 Å². The molecule has 0 unspecified atom stereocenters. The number of pyridine rings is 2. The summed E-state index contributed by atoms with van der Waals surface area (Å²) in [7, 11) is 0. The standard InChI is InChI=1S/C22H22Cl2FN5O/c1-13(20-17(23)2-3-18(25)21(20)24)31-19-9-15(11-29-22(19)26)14-8-16(12-28-10-14)30-6-4-27-5-7-30/h2-3,8-13,27H,4-7H2,1H3,(H2,26,29)/t13-/m1/s1. The maximum absolute atomic E-state index is 13.9. The van der Waals surface area contributed by atoms with Crippen molar-refractivity contribution >= 4 is 34.7 Å². The van der Waals surface area contributed by atoms with Crippen molar-refractivity contribution in [1.29, 1.82) is 0 Å². The Balaban J connectivity index is 1.62. The molecule has 1 aliphatic heterocycles. The molecule has 1 aromatic carbocycles. The van der Waals surface area contributed by atoms with E-state index >= 15 is 0 Å². The molecule has 1 fully saturated rings. The molecule has 1 atom stereocenters. The fourth-order valence-electron chi connectivity index (χ4n) is 3.55. The minimum absolute atomic E-state index is 0.0735. The fourth-order valence-corrected chi connectivity index (χ4v) is 4.23. The van der Waals surface area contributed by atoms with Gasteiger partial charge in [-0.1, -0.05) is 23.2 Å². The summed E-state index contributed by atoms with van der Waals surface area (Å²) in [5.74, 6) is 0.00611. The van der Waals surface area contributed by atoms with Crippen LogP contribution in [0.3, 0.4) is 0 Å². The molecule has 0 radical (unpaired) electrons. The summed E-state index contributed by atoms with van der Waals surface area (Å²) in [6, 6.07) is 6.52.